The largest absolute Gasteiger partial charge is 0.472 e. The van der Waals surface area contributed by atoms with Gasteiger partial charge in [-0.15, -0.1) is 0 Å². The fraction of sp³-hybridized carbons (Fsp3) is 0.609. The molecule has 2 atom stereocenters. The number of phosphoric ester groups is 1. The van der Waals surface area contributed by atoms with Crippen LogP contribution in [0.15, 0.2) is 48.6 Å². The van der Waals surface area contributed by atoms with E-state index in [1.807, 2.05) is 0 Å². The number of allylic oxidation sites excluding steroid dienone is 8. The first-order valence-electron chi connectivity index (χ1n) is 11.2. The van der Waals surface area contributed by atoms with E-state index in [2.05, 4.69) is 60.1 Å². The number of hydrogen-bond acceptors (Lipinski definition) is 7. The Morgan fingerprint density at radius 3 is 2.12 bits per heavy atom. The summed E-state index contributed by atoms with van der Waals surface area (Å²) in [5, 5.41) is 9.24. The number of carbonyl (C=O) groups is 1. The molecule has 184 valence electrons. The van der Waals surface area contributed by atoms with Crippen LogP contribution in [0.5, 0.6) is 0 Å². The van der Waals surface area contributed by atoms with Crippen molar-refractivity contribution in [2.24, 2.45) is 5.73 Å². The van der Waals surface area contributed by atoms with Gasteiger partial charge in [-0.25, -0.2) is 4.57 Å². The summed E-state index contributed by atoms with van der Waals surface area (Å²) in [5.41, 5.74) is 5.18. The summed E-state index contributed by atoms with van der Waals surface area (Å²) in [6, 6.07) is 0. The van der Waals surface area contributed by atoms with Crippen LogP contribution in [0.4, 0.5) is 0 Å². The highest BCUT2D eigenvalue weighted by atomic mass is 31.2. The average Bonchev–Trinajstić information content (AvgIpc) is 2.77. The molecular weight excluding hydrogens is 433 g/mol. The van der Waals surface area contributed by atoms with Crippen molar-refractivity contribution in [2.45, 2.75) is 64.4 Å². The number of rotatable bonds is 20. The molecule has 9 heteroatoms. The molecular formula is C23H40NO7P. The lowest BCUT2D eigenvalue weighted by molar-refractivity contribution is -0.153. The second-order valence-electron chi connectivity index (χ2n) is 6.93. The number of hydrogen-bond donors (Lipinski definition) is 3. The van der Waals surface area contributed by atoms with Crippen molar-refractivity contribution in [3.8, 4) is 0 Å². The van der Waals surface area contributed by atoms with Gasteiger partial charge in [0.2, 0.25) is 0 Å². The van der Waals surface area contributed by atoms with E-state index in [-0.39, 0.29) is 19.6 Å². The second-order valence-corrected chi connectivity index (χ2v) is 8.38. The average molecular weight is 474 g/mol. The minimum Gasteiger partial charge on any atom is -0.457 e. The molecule has 0 radical (unpaired) electrons. The van der Waals surface area contributed by atoms with Crippen LogP contribution in [-0.2, 0) is 23.1 Å². The molecule has 32 heavy (non-hydrogen) atoms. The van der Waals surface area contributed by atoms with E-state index in [0.717, 1.165) is 38.5 Å². The monoisotopic (exact) mass is 473 g/mol. The van der Waals surface area contributed by atoms with Gasteiger partial charge in [0.25, 0.3) is 0 Å². The molecule has 0 aliphatic heterocycles. The molecule has 0 bridgehead atoms. The predicted octanol–water partition coefficient (Wildman–Crippen LogP) is 4.35. The van der Waals surface area contributed by atoms with Crippen molar-refractivity contribution < 1.29 is 33.1 Å². The van der Waals surface area contributed by atoms with Crippen LogP contribution in [0.2, 0.25) is 0 Å². The number of aliphatic hydroxyl groups is 1. The molecule has 0 aliphatic rings. The summed E-state index contributed by atoms with van der Waals surface area (Å²) < 4.78 is 25.8. The normalized spacial score (nSPS) is 15.2. The molecule has 0 aromatic carbocycles. The van der Waals surface area contributed by atoms with Gasteiger partial charge in [-0.1, -0.05) is 55.5 Å². The zero-order valence-electron chi connectivity index (χ0n) is 19.1. The quantitative estimate of drug-likeness (QED) is 0.103. The molecule has 0 saturated heterocycles. The van der Waals surface area contributed by atoms with Gasteiger partial charge < -0.3 is 20.5 Å². The smallest absolute Gasteiger partial charge is 0.457 e. The first kappa shape index (κ1) is 30.5. The van der Waals surface area contributed by atoms with Crippen LogP contribution < -0.4 is 5.73 Å². The van der Waals surface area contributed by atoms with Crippen molar-refractivity contribution in [1.82, 2.24) is 0 Å². The van der Waals surface area contributed by atoms with Crippen LogP contribution in [0, 0.1) is 0 Å². The molecule has 0 fully saturated rings. The van der Waals surface area contributed by atoms with Crippen molar-refractivity contribution in [3.63, 3.8) is 0 Å². The molecule has 8 nitrogen and oxygen atoms in total. The SMILES string of the molecule is CCC=CCC=CCC=CCC=CCCCCC(=O)O[C@H](CO)COP(=O)(O)OCCN. The summed E-state index contributed by atoms with van der Waals surface area (Å²) in [7, 11) is -4.27. The zero-order valence-corrected chi connectivity index (χ0v) is 20.0. The Hall–Kier alpha value is -1.54. The van der Waals surface area contributed by atoms with E-state index in [9.17, 15) is 19.4 Å². The summed E-state index contributed by atoms with van der Waals surface area (Å²) in [5.74, 6) is -0.492. The highest BCUT2D eigenvalue weighted by Gasteiger charge is 2.24. The van der Waals surface area contributed by atoms with Gasteiger partial charge >= 0.3 is 13.8 Å². The topological polar surface area (TPSA) is 128 Å². The third-order valence-electron chi connectivity index (χ3n) is 4.02. The molecule has 0 aromatic heterocycles. The molecule has 0 amide bonds. The first-order valence-corrected chi connectivity index (χ1v) is 12.7. The Balaban J connectivity index is 3.83. The maximum atomic E-state index is 11.8. The number of aliphatic hydroxyl groups excluding tert-OH is 1. The Bertz CT molecular complexity index is 632. The Morgan fingerprint density at radius 1 is 0.969 bits per heavy atom. The van der Waals surface area contributed by atoms with E-state index >= 15 is 0 Å². The molecule has 4 N–H and O–H groups in total. The highest BCUT2D eigenvalue weighted by Crippen LogP contribution is 2.42. The minimum absolute atomic E-state index is 0.0627. The third-order valence-corrected chi connectivity index (χ3v) is 5.00. The summed E-state index contributed by atoms with van der Waals surface area (Å²) >= 11 is 0. The van der Waals surface area contributed by atoms with Crippen molar-refractivity contribution in [1.29, 1.82) is 0 Å². The van der Waals surface area contributed by atoms with Crippen LogP contribution >= 0.6 is 7.82 Å². The van der Waals surface area contributed by atoms with E-state index < -0.39 is 33.1 Å². The van der Waals surface area contributed by atoms with Gasteiger partial charge in [0.15, 0.2) is 0 Å². The van der Waals surface area contributed by atoms with Gasteiger partial charge in [-0.2, -0.15) is 0 Å². The maximum Gasteiger partial charge on any atom is 0.472 e. The van der Waals surface area contributed by atoms with Crippen LogP contribution in [0.25, 0.3) is 0 Å². The van der Waals surface area contributed by atoms with E-state index in [1.54, 1.807) is 0 Å². The lowest BCUT2D eigenvalue weighted by Gasteiger charge is -2.17. The first-order chi connectivity index (χ1) is 15.4. The summed E-state index contributed by atoms with van der Waals surface area (Å²) in [4.78, 5) is 21.2. The van der Waals surface area contributed by atoms with E-state index in [1.165, 1.54) is 0 Å². The molecule has 1 unspecified atom stereocenters. The van der Waals surface area contributed by atoms with Gasteiger partial charge in [-0.3, -0.25) is 13.8 Å². The Labute approximate surface area is 192 Å². The number of esters is 1. The van der Waals surface area contributed by atoms with Crippen molar-refractivity contribution in [2.75, 3.05) is 26.4 Å². The lowest BCUT2D eigenvalue weighted by Crippen LogP contribution is -2.27. The number of phosphoric acid groups is 1. The molecule has 0 saturated carbocycles. The Kier molecular flexibility index (Phi) is 20.3. The maximum absolute atomic E-state index is 11.8. The molecule has 0 heterocycles. The second kappa shape index (κ2) is 21.3. The van der Waals surface area contributed by atoms with Gasteiger partial charge in [0.1, 0.15) is 6.10 Å². The number of unbranched alkanes of at least 4 members (excludes halogenated alkanes) is 2. The van der Waals surface area contributed by atoms with E-state index in [0.29, 0.717) is 6.42 Å². The fourth-order valence-corrected chi connectivity index (χ4v) is 3.15. The lowest BCUT2D eigenvalue weighted by atomic mass is 10.2. The molecule has 0 aromatic rings. The third kappa shape index (κ3) is 20.4. The van der Waals surface area contributed by atoms with Crippen LogP contribution in [-0.4, -0.2) is 48.4 Å². The highest BCUT2D eigenvalue weighted by molar-refractivity contribution is 7.47. The van der Waals surface area contributed by atoms with Crippen LogP contribution in [0.1, 0.15) is 58.3 Å². The Morgan fingerprint density at radius 2 is 1.56 bits per heavy atom. The minimum atomic E-state index is -4.27. The van der Waals surface area contributed by atoms with Gasteiger partial charge in [0.05, 0.1) is 19.8 Å². The van der Waals surface area contributed by atoms with E-state index in [4.69, 9.17) is 15.0 Å². The van der Waals surface area contributed by atoms with Crippen molar-refractivity contribution in [3.05, 3.63) is 48.6 Å². The predicted molar refractivity (Wildman–Crippen MR) is 127 cm³/mol. The standard InChI is InChI=1S/C23H40NO7P/c1-2-3-4-5-6-7-8-9-10-11-12-13-14-15-16-17-23(26)31-22(20-25)21-30-32(27,28)29-19-18-24/h3-4,6-7,9-10,12-13,22,25H,2,5,8,11,14-21,24H2,1H3,(H,27,28)/t22-/m1/s1. The molecule has 0 aliphatic carbocycles. The summed E-state index contributed by atoms with van der Waals surface area (Å²) in [6.45, 7) is 1.08. The summed E-state index contributed by atoms with van der Waals surface area (Å²) in [6.07, 6.45) is 22.5. The molecule has 0 rings (SSSR count). The number of ether oxygens (including phenoxy) is 1. The number of nitrogens with two attached hydrogens (primary N) is 1. The van der Waals surface area contributed by atoms with Crippen LogP contribution in [0.3, 0.4) is 0 Å². The van der Waals surface area contributed by atoms with Gasteiger partial charge in [-0.05, 0) is 44.9 Å². The van der Waals surface area contributed by atoms with Gasteiger partial charge in [0, 0.05) is 13.0 Å². The number of carbonyl (C=O) groups excluding carboxylic acids is 1. The van der Waals surface area contributed by atoms with Crippen molar-refractivity contribution >= 4 is 13.8 Å². The zero-order chi connectivity index (χ0) is 23.9. The fourth-order valence-electron chi connectivity index (χ4n) is 2.38. The molecule has 0 spiro atoms.